The van der Waals surface area contributed by atoms with Gasteiger partial charge in [-0.15, -0.1) is 0 Å². The quantitative estimate of drug-likeness (QED) is 0.277. The van der Waals surface area contributed by atoms with Crippen molar-refractivity contribution in [2.45, 2.75) is 52.0 Å². The van der Waals surface area contributed by atoms with Gasteiger partial charge < -0.3 is 21.3 Å². The number of primary amides is 1. The fraction of sp³-hybridized carbons (Fsp3) is 0.370. The summed E-state index contributed by atoms with van der Waals surface area (Å²) in [6.07, 6.45) is 4.95. The zero-order valence-electron chi connectivity index (χ0n) is 21.5. The number of carbonyl (C=O) groups is 1. The molecular formula is C27H32F4N6O. The lowest BCUT2D eigenvalue weighted by Crippen LogP contribution is -2.48. The molecular weight excluding hydrogens is 500 g/mol. The van der Waals surface area contributed by atoms with Gasteiger partial charge in [-0.1, -0.05) is 30.7 Å². The van der Waals surface area contributed by atoms with Gasteiger partial charge in [0.25, 0.3) is 5.91 Å². The van der Waals surface area contributed by atoms with E-state index in [9.17, 15) is 18.0 Å². The van der Waals surface area contributed by atoms with Crippen molar-refractivity contribution >= 4 is 23.2 Å². The Kier molecular flexibility index (Phi) is 9.49. The number of hydrogen-bond acceptors (Lipinski definition) is 6. The van der Waals surface area contributed by atoms with Crippen molar-refractivity contribution in [1.82, 2.24) is 9.97 Å². The number of allylic oxidation sites excluding steroid dienone is 5. The third kappa shape index (κ3) is 7.33. The van der Waals surface area contributed by atoms with E-state index in [0.717, 1.165) is 30.0 Å². The summed E-state index contributed by atoms with van der Waals surface area (Å²) in [5.41, 5.74) is 7.08. The Morgan fingerprint density at radius 1 is 1.24 bits per heavy atom. The standard InChI is InChI=1S/C27H32F4N6O/c1-4-6-7-8-21(17(3)5-2)36-24-13-23(19(15-33-24)26(32)38)35-22-11-12-37(16-20(22)28)25-10-9-18(14-34-25)27(29,30)31/h4,6-10,13-15,20,22H,5,11-12,16H2,1-3H3,(H2,32,38)(H2,33,35,36)/b6-4-,8-7-,21-17-/t20-,22+/m0/s1. The van der Waals surface area contributed by atoms with Crippen LogP contribution in [-0.2, 0) is 6.18 Å². The molecule has 2 aromatic heterocycles. The second-order valence-electron chi connectivity index (χ2n) is 8.94. The molecule has 0 radical (unpaired) electrons. The van der Waals surface area contributed by atoms with E-state index in [2.05, 4.69) is 20.6 Å². The number of piperidine rings is 1. The van der Waals surface area contributed by atoms with Crippen molar-refractivity contribution in [2.75, 3.05) is 28.6 Å². The molecule has 0 spiro atoms. The van der Waals surface area contributed by atoms with Crippen molar-refractivity contribution in [3.8, 4) is 0 Å². The van der Waals surface area contributed by atoms with Crippen LogP contribution >= 0.6 is 0 Å². The lowest BCUT2D eigenvalue weighted by atomic mass is 10.0. The first-order chi connectivity index (χ1) is 18.0. The molecule has 1 amide bonds. The Balaban J connectivity index is 1.77. The van der Waals surface area contributed by atoms with E-state index < -0.39 is 29.9 Å². The molecule has 1 aliphatic heterocycles. The summed E-state index contributed by atoms with van der Waals surface area (Å²) in [4.78, 5) is 21.8. The number of nitrogens with one attached hydrogen (secondary N) is 2. The normalized spacial score (nSPS) is 19.1. The summed E-state index contributed by atoms with van der Waals surface area (Å²) >= 11 is 0. The van der Waals surface area contributed by atoms with Crippen LogP contribution in [0.3, 0.4) is 0 Å². The van der Waals surface area contributed by atoms with Gasteiger partial charge in [-0.25, -0.2) is 14.4 Å². The number of rotatable bonds is 9. The van der Waals surface area contributed by atoms with Gasteiger partial charge in [0.05, 0.1) is 29.4 Å². The van der Waals surface area contributed by atoms with Crippen molar-refractivity contribution in [3.63, 3.8) is 0 Å². The molecule has 204 valence electrons. The van der Waals surface area contributed by atoms with E-state index in [4.69, 9.17) is 5.73 Å². The van der Waals surface area contributed by atoms with Crippen LogP contribution in [0.2, 0.25) is 0 Å². The van der Waals surface area contributed by atoms with Gasteiger partial charge in [-0.05, 0) is 44.9 Å². The van der Waals surface area contributed by atoms with Crippen LogP contribution in [0, 0.1) is 0 Å². The van der Waals surface area contributed by atoms with Crippen molar-refractivity contribution in [2.24, 2.45) is 5.73 Å². The van der Waals surface area contributed by atoms with Crippen LogP contribution in [0.1, 0.15) is 49.5 Å². The molecule has 3 heterocycles. The molecule has 2 atom stereocenters. The van der Waals surface area contributed by atoms with E-state index in [1.54, 1.807) is 11.0 Å². The minimum absolute atomic E-state index is 0.0730. The smallest absolute Gasteiger partial charge is 0.378 e. The number of hydrogen-bond donors (Lipinski definition) is 3. The first kappa shape index (κ1) is 28.7. The molecule has 2 aromatic rings. The maximum Gasteiger partial charge on any atom is 0.417 e. The highest BCUT2D eigenvalue weighted by Crippen LogP contribution is 2.31. The van der Waals surface area contributed by atoms with E-state index in [1.807, 2.05) is 45.1 Å². The summed E-state index contributed by atoms with van der Waals surface area (Å²) in [5.74, 6) is 0.0120. The molecule has 1 saturated heterocycles. The highest BCUT2D eigenvalue weighted by molar-refractivity contribution is 5.98. The number of aromatic nitrogens is 2. The summed E-state index contributed by atoms with van der Waals surface area (Å²) < 4.78 is 53.7. The highest BCUT2D eigenvalue weighted by atomic mass is 19.4. The van der Waals surface area contributed by atoms with Crippen LogP contribution in [0.5, 0.6) is 0 Å². The fourth-order valence-electron chi connectivity index (χ4n) is 3.94. The average molecular weight is 533 g/mol. The summed E-state index contributed by atoms with van der Waals surface area (Å²) in [7, 11) is 0. The van der Waals surface area contributed by atoms with Gasteiger partial charge in [0.1, 0.15) is 17.8 Å². The number of nitrogens with two attached hydrogens (primary N) is 1. The maximum atomic E-state index is 15.2. The minimum atomic E-state index is -4.49. The third-order valence-electron chi connectivity index (χ3n) is 6.27. The predicted molar refractivity (Wildman–Crippen MR) is 142 cm³/mol. The molecule has 1 aliphatic rings. The van der Waals surface area contributed by atoms with E-state index in [0.29, 0.717) is 24.5 Å². The first-order valence-electron chi connectivity index (χ1n) is 12.3. The van der Waals surface area contributed by atoms with E-state index >= 15 is 4.39 Å². The average Bonchev–Trinajstić information content (AvgIpc) is 2.88. The Labute approximate surface area is 219 Å². The number of alkyl halides is 4. The fourth-order valence-corrected chi connectivity index (χ4v) is 3.94. The van der Waals surface area contributed by atoms with Gasteiger partial charge in [0.15, 0.2) is 0 Å². The topological polar surface area (TPSA) is 96.2 Å². The van der Waals surface area contributed by atoms with Gasteiger partial charge in [0.2, 0.25) is 0 Å². The molecule has 38 heavy (non-hydrogen) atoms. The first-order valence-corrected chi connectivity index (χ1v) is 12.3. The summed E-state index contributed by atoms with van der Waals surface area (Å²) in [6, 6.07) is 3.13. The van der Waals surface area contributed by atoms with Crippen LogP contribution < -0.4 is 21.3 Å². The van der Waals surface area contributed by atoms with Gasteiger partial charge in [0, 0.05) is 30.7 Å². The zero-order valence-corrected chi connectivity index (χ0v) is 21.5. The third-order valence-corrected chi connectivity index (χ3v) is 6.27. The molecule has 1 fully saturated rings. The van der Waals surface area contributed by atoms with E-state index in [1.165, 1.54) is 12.3 Å². The lowest BCUT2D eigenvalue weighted by Gasteiger charge is -2.36. The molecule has 0 aromatic carbocycles. The predicted octanol–water partition coefficient (Wildman–Crippen LogP) is 5.85. The number of nitrogens with zero attached hydrogens (tertiary/aromatic N) is 3. The Bertz CT molecular complexity index is 1210. The van der Waals surface area contributed by atoms with Gasteiger partial charge in [-0.2, -0.15) is 13.2 Å². The van der Waals surface area contributed by atoms with Crippen molar-refractivity contribution in [1.29, 1.82) is 0 Å². The largest absolute Gasteiger partial charge is 0.417 e. The summed E-state index contributed by atoms with van der Waals surface area (Å²) in [5, 5.41) is 6.35. The number of carbonyl (C=O) groups excluding carboxylic acids is 1. The zero-order chi connectivity index (χ0) is 27.9. The van der Waals surface area contributed by atoms with Crippen LogP contribution in [0.15, 0.2) is 66.2 Å². The monoisotopic (exact) mass is 532 g/mol. The molecule has 0 unspecified atom stereocenters. The number of halogens is 4. The van der Waals surface area contributed by atoms with Gasteiger partial charge >= 0.3 is 6.18 Å². The minimum Gasteiger partial charge on any atom is -0.378 e. The molecule has 7 nitrogen and oxygen atoms in total. The molecule has 4 N–H and O–H groups in total. The van der Waals surface area contributed by atoms with Crippen LogP contribution in [0.25, 0.3) is 0 Å². The van der Waals surface area contributed by atoms with E-state index in [-0.39, 0.29) is 17.9 Å². The van der Waals surface area contributed by atoms with Crippen LogP contribution in [0.4, 0.5) is 34.9 Å². The number of anilines is 3. The Morgan fingerprint density at radius 3 is 2.58 bits per heavy atom. The Morgan fingerprint density at radius 2 is 2.00 bits per heavy atom. The van der Waals surface area contributed by atoms with Crippen LogP contribution in [-0.4, -0.2) is 41.2 Å². The van der Waals surface area contributed by atoms with Crippen molar-refractivity contribution in [3.05, 3.63) is 77.3 Å². The molecule has 3 rings (SSSR count). The maximum absolute atomic E-state index is 15.2. The highest BCUT2D eigenvalue weighted by Gasteiger charge is 2.33. The summed E-state index contributed by atoms with van der Waals surface area (Å²) in [6.45, 7) is 6.23. The SMILES string of the molecule is C\C=C/C=C\C(Nc1cc(N[C@@H]2CCN(c3ccc(C(F)(F)F)cn3)C[C@@H]2F)c(C(N)=O)cn1)=C(/C)CC. The molecule has 0 bridgehead atoms. The number of amides is 1. The Hall–Kier alpha value is -3.89. The lowest BCUT2D eigenvalue weighted by molar-refractivity contribution is -0.137. The number of pyridine rings is 2. The molecule has 0 aliphatic carbocycles. The molecule has 11 heteroatoms. The van der Waals surface area contributed by atoms with Crippen molar-refractivity contribution < 1.29 is 22.4 Å². The van der Waals surface area contributed by atoms with Gasteiger partial charge in [-0.3, -0.25) is 4.79 Å². The second kappa shape index (κ2) is 12.6. The second-order valence-corrected chi connectivity index (χ2v) is 8.94. The molecule has 0 saturated carbocycles.